The molecule has 0 spiro atoms. The fourth-order valence-electron chi connectivity index (χ4n) is 2.61. The number of nitrogens with one attached hydrogen (secondary N) is 1. The van der Waals surface area contributed by atoms with Crippen molar-refractivity contribution in [2.24, 2.45) is 0 Å². The monoisotopic (exact) mass is 372 g/mol. The van der Waals surface area contributed by atoms with E-state index in [9.17, 15) is 4.39 Å². The first kappa shape index (κ1) is 18.5. The van der Waals surface area contributed by atoms with Crippen molar-refractivity contribution in [3.63, 3.8) is 0 Å². The number of benzene rings is 2. The summed E-state index contributed by atoms with van der Waals surface area (Å²) in [5, 5.41) is 13.1. The summed E-state index contributed by atoms with van der Waals surface area (Å²) in [5.41, 5.74) is 3.53. The van der Waals surface area contributed by atoms with Gasteiger partial charge in [-0.25, -0.2) is 4.39 Å². The standard InChI is InChI=1S/C20H22ClFN4/c1-3-14(2)23-12-19-20(15-7-5-4-6-8-15)25-26(24-19)13-16-9-10-17(22)11-18(16)21/h4-11,14,23H,3,12-13H2,1-2H3/t14-/m0/s1. The fourth-order valence-corrected chi connectivity index (χ4v) is 2.84. The van der Waals surface area contributed by atoms with E-state index in [1.165, 1.54) is 12.1 Å². The third-order valence-electron chi connectivity index (χ3n) is 4.33. The molecule has 0 unspecified atom stereocenters. The van der Waals surface area contributed by atoms with Crippen molar-refractivity contribution in [2.75, 3.05) is 0 Å². The molecule has 0 aliphatic carbocycles. The number of hydrogen-bond donors (Lipinski definition) is 1. The largest absolute Gasteiger partial charge is 0.309 e. The minimum absolute atomic E-state index is 0.351. The van der Waals surface area contributed by atoms with Gasteiger partial charge in [-0.05, 0) is 31.0 Å². The summed E-state index contributed by atoms with van der Waals surface area (Å²) >= 11 is 6.14. The van der Waals surface area contributed by atoms with Gasteiger partial charge in [-0.1, -0.05) is 54.9 Å². The van der Waals surface area contributed by atoms with E-state index < -0.39 is 0 Å². The zero-order valence-electron chi connectivity index (χ0n) is 14.9. The Labute approximate surface area is 158 Å². The second-order valence-corrected chi connectivity index (χ2v) is 6.72. The van der Waals surface area contributed by atoms with Crippen molar-refractivity contribution < 1.29 is 4.39 Å². The molecule has 0 saturated carbocycles. The molecule has 0 amide bonds. The number of halogens is 2. The first-order chi connectivity index (χ1) is 12.6. The second-order valence-electron chi connectivity index (χ2n) is 6.32. The minimum Gasteiger partial charge on any atom is -0.309 e. The number of hydrogen-bond acceptors (Lipinski definition) is 3. The third-order valence-corrected chi connectivity index (χ3v) is 4.68. The summed E-state index contributed by atoms with van der Waals surface area (Å²) in [6.45, 7) is 5.31. The molecule has 0 fully saturated rings. The van der Waals surface area contributed by atoms with Crippen molar-refractivity contribution in [2.45, 2.75) is 39.4 Å². The van der Waals surface area contributed by atoms with E-state index in [-0.39, 0.29) is 5.82 Å². The highest BCUT2D eigenvalue weighted by molar-refractivity contribution is 6.31. The molecular formula is C20H22ClFN4. The Morgan fingerprint density at radius 2 is 1.92 bits per heavy atom. The lowest BCUT2D eigenvalue weighted by atomic mass is 10.1. The first-order valence-corrected chi connectivity index (χ1v) is 9.11. The maximum atomic E-state index is 13.3. The first-order valence-electron chi connectivity index (χ1n) is 8.73. The summed E-state index contributed by atoms with van der Waals surface area (Å²) in [7, 11) is 0. The minimum atomic E-state index is -0.351. The smallest absolute Gasteiger partial charge is 0.124 e. The molecule has 0 saturated heterocycles. The topological polar surface area (TPSA) is 42.7 Å². The SMILES string of the molecule is CC[C@H](C)NCc1nn(Cc2ccc(F)cc2Cl)nc1-c1ccccc1. The summed E-state index contributed by atoms with van der Waals surface area (Å²) in [4.78, 5) is 1.62. The van der Waals surface area contributed by atoms with E-state index in [1.807, 2.05) is 30.3 Å². The molecule has 2 aromatic carbocycles. The Morgan fingerprint density at radius 3 is 2.62 bits per heavy atom. The molecule has 136 valence electrons. The van der Waals surface area contributed by atoms with Gasteiger partial charge >= 0.3 is 0 Å². The lowest BCUT2D eigenvalue weighted by Gasteiger charge is -2.10. The van der Waals surface area contributed by atoms with Gasteiger partial charge in [-0.15, -0.1) is 0 Å². The van der Waals surface area contributed by atoms with Crippen molar-refractivity contribution >= 4 is 11.6 Å². The average Bonchev–Trinajstić information content (AvgIpc) is 3.05. The molecule has 6 heteroatoms. The molecule has 3 aromatic rings. The fraction of sp³-hybridized carbons (Fsp3) is 0.300. The van der Waals surface area contributed by atoms with Gasteiger partial charge in [0.05, 0.1) is 6.54 Å². The third kappa shape index (κ3) is 4.48. The summed E-state index contributed by atoms with van der Waals surface area (Å²) in [6.07, 6.45) is 1.04. The zero-order chi connectivity index (χ0) is 18.5. The van der Waals surface area contributed by atoms with Crippen molar-refractivity contribution in [1.29, 1.82) is 0 Å². The van der Waals surface area contributed by atoms with Crippen LogP contribution in [0.3, 0.4) is 0 Å². The van der Waals surface area contributed by atoms with E-state index in [0.717, 1.165) is 28.9 Å². The highest BCUT2D eigenvalue weighted by Gasteiger charge is 2.15. The molecular weight excluding hydrogens is 351 g/mol. The van der Waals surface area contributed by atoms with Crippen LogP contribution in [0.5, 0.6) is 0 Å². The number of aromatic nitrogens is 3. The number of rotatable bonds is 7. The van der Waals surface area contributed by atoms with Crippen LogP contribution in [0.4, 0.5) is 4.39 Å². The average molecular weight is 373 g/mol. The molecule has 1 aromatic heterocycles. The van der Waals surface area contributed by atoms with Crippen LogP contribution in [0.2, 0.25) is 5.02 Å². The molecule has 0 aliphatic heterocycles. The predicted octanol–water partition coefficient (Wildman–Crippen LogP) is 4.67. The van der Waals surface area contributed by atoms with E-state index in [4.69, 9.17) is 11.6 Å². The van der Waals surface area contributed by atoms with Gasteiger partial charge < -0.3 is 5.32 Å². The quantitative estimate of drug-likeness (QED) is 0.655. The molecule has 4 nitrogen and oxygen atoms in total. The van der Waals surface area contributed by atoms with E-state index >= 15 is 0 Å². The molecule has 1 N–H and O–H groups in total. The number of nitrogens with zero attached hydrogens (tertiary/aromatic N) is 3. The van der Waals surface area contributed by atoms with Gasteiger partial charge in [-0.2, -0.15) is 15.0 Å². The van der Waals surface area contributed by atoms with Crippen molar-refractivity contribution in [1.82, 2.24) is 20.3 Å². The lowest BCUT2D eigenvalue weighted by molar-refractivity contribution is 0.520. The Bertz CT molecular complexity index is 864. The van der Waals surface area contributed by atoms with Crippen LogP contribution < -0.4 is 5.32 Å². The van der Waals surface area contributed by atoms with Gasteiger partial charge in [-0.3, -0.25) is 0 Å². The normalized spacial score (nSPS) is 12.3. The zero-order valence-corrected chi connectivity index (χ0v) is 15.7. The highest BCUT2D eigenvalue weighted by Crippen LogP contribution is 2.22. The van der Waals surface area contributed by atoms with Gasteiger partial charge in [0, 0.05) is 23.2 Å². The molecule has 26 heavy (non-hydrogen) atoms. The van der Waals surface area contributed by atoms with Crippen LogP contribution in [-0.2, 0) is 13.1 Å². The van der Waals surface area contributed by atoms with Crippen LogP contribution in [-0.4, -0.2) is 21.0 Å². The summed E-state index contributed by atoms with van der Waals surface area (Å²) < 4.78 is 13.3. The van der Waals surface area contributed by atoms with E-state index in [2.05, 4.69) is 29.4 Å². The van der Waals surface area contributed by atoms with Crippen LogP contribution in [0, 0.1) is 5.82 Å². The Balaban J connectivity index is 1.90. The van der Waals surface area contributed by atoms with E-state index in [1.54, 1.807) is 10.9 Å². The molecule has 3 rings (SSSR count). The molecule has 0 bridgehead atoms. The maximum Gasteiger partial charge on any atom is 0.124 e. The maximum absolute atomic E-state index is 13.3. The summed E-state index contributed by atoms with van der Waals surface area (Å²) in [5.74, 6) is -0.351. The second kappa shape index (κ2) is 8.43. The summed E-state index contributed by atoms with van der Waals surface area (Å²) in [6, 6.07) is 14.8. The van der Waals surface area contributed by atoms with Gasteiger partial charge in [0.25, 0.3) is 0 Å². The lowest BCUT2D eigenvalue weighted by Crippen LogP contribution is -2.25. The van der Waals surface area contributed by atoms with Gasteiger partial charge in [0.1, 0.15) is 17.2 Å². The van der Waals surface area contributed by atoms with Crippen LogP contribution >= 0.6 is 11.6 Å². The Morgan fingerprint density at radius 1 is 1.15 bits per heavy atom. The van der Waals surface area contributed by atoms with Gasteiger partial charge in [0.15, 0.2) is 0 Å². The predicted molar refractivity (Wildman–Crippen MR) is 103 cm³/mol. The molecule has 1 atom stereocenters. The van der Waals surface area contributed by atoms with E-state index in [0.29, 0.717) is 24.2 Å². The van der Waals surface area contributed by atoms with Crippen LogP contribution in [0.25, 0.3) is 11.3 Å². The van der Waals surface area contributed by atoms with Crippen molar-refractivity contribution in [3.05, 3.63) is 70.6 Å². The van der Waals surface area contributed by atoms with Crippen LogP contribution in [0.1, 0.15) is 31.5 Å². The van der Waals surface area contributed by atoms with Crippen LogP contribution in [0.15, 0.2) is 48.5 Å². The molecule has 0 radical (unpaired) electrons. The van der Waals surface area contributed by atoms with Crippen molar-refractivity contribution in [3.8, 4) is 11.3 Å². The van der Waals surface area contributed by atoms with Gasteiger partial charge in [0.2, 0.25) is 0 Å². The highest BCUT2D eigenvalue weighted by atomic mass is 35.5. The molecule has 1 heterocycles. The molecule has 0 aliphatic rings. The Kier molecular flexibility index (Phi) is 6.01. The Hall–Kier alpha value is -2.24.